The maximum atomic E-state index is 14.1. The summed E-state index contributed by atoms with van der Waals surface area (Å²) in [5.41, 5.74) is 2.33. The van der Waals surface area contributed by atoms with Crippen LogP contribution < -0.4 is 9.64 Å². The Morgan fingerprint density at radius 2 is 1.88 bits per heavy atom. The molecule has 0 aliphatic carbocycles. The summed E-state index contributed by atoms with van der Waals surface area (Å²) in [6.07, 6.45) is 1.56. The Balaban J connectivity index is 1.61. The number of carbonyl (C=O) groups excluding carboxylic acids is 3. The van der Waals surface area contributed by atoms with Gasteiger partial charge in [0.05, 0.1) is 19.2 Å². The number of piperidine rings is 1. The van der Waals surface area contributed by atoms with E-state index in [1.54, 1.807) is 23.0 Å². The first-order valence-electron chi connectivity index (χ1n) is 15.1. The highest BCUT2D eigenvalue weighted by atomic mass is 16.6. The molecule has 0 spiro atoms. The lowest BCUT2D eigenvalue weighted by Crippen LogP contribution is -2.54. The van der Waals surface area contributed by atoms with Crippen molar-refractivity contribution in [1.82, 2.24) is 9.80 Å². The van der Waals surface area contributed by atoms with E-state index in [1.807, 2.05) is 75.9 Å². The molecule has 2 aromatic rings. The lowest BCUT2D eigenvalue weighted by molar-refractivity contribution is 0.00752. The molecule has 2 aliphatic rings. The normalized spacial score (nSPS) is 17.2. The largest absolute Gasteiger partial charge is 0.493 e. The van der Waals surface area contributed by atoms with Crippen LogP contribution in [0.2, 0.25) is 0 Å². The van der Waals surface area contributed by atoms with Crippen LogP contribution in [-0.4, -0.2) is 92.1 Å². The Labute approximate surface area is 254 Å². The van der Waals surface area contributed by atoms with E-state index in [0.717, 1.165) is 29.7 Å². The third-order valence-electron chi connectivity index (χ3n) is 7.44. The maximum Gasteiger partial charge on any atom is 0.414 e. The monoisotopic (exact) mass is 595 g/mol. The molecule has 43 heavy (non-hydrogen) atoms. The number of likely N-dealkylation sites (tertiary alicyclic amines) is 1. The van der Waals surface area contributed by atoms with Gasteiger partial charge >= 0.3 is 12.2 Å². The Kier molecular flexibility index (Phi) is 10.6. The molecule has 234 valence electrons. The summed E-state index contributed by atoms with van der Waals surface area (Å²) < 4.78 is 22.1. The minimum atomic E-state index is -0.587. The van der Waals surface area contributed by atoms with Crippen LogP contribution in [0, 0.1) is 0 Å². The maximum absolute atomic E-state index is 14.1. The molecule has 0 N–H and O–H groups in total. The van der Waals surface area contributed by atoms with Crippen LogP contribution in [-0.2, 0) is 14.2 Å². The van der Waals surface area contributed by atoms with Gasteiger partial charge in [-0.15, -0.1) is 0 Å². The molecule has 2 aromatic carbocycles. The fraction of sp³-hybridized carbons (Fsp3) is 0.545. The summed E-state index contributed by atoms with van der Waals surface area (Å²) in [5, 5.41) is 0. The van der Waals surface area contributed by atoms with Crippen LogP contribution >= 0.6 is 0 Å². The number of benzene rings is 2. The average molecular weight is 596 g/mol. The zero-order valence-corrected chi connectivity index (χ0v) is 26.3. The number of anilines is 1. The zero-order chi connectivity index (χ0) is 31.1. The molecule has 2 aliphatic heterocycles. The van der Waals surface area contributed by atoms with Crippen LogP contribution in [0.5, 0.6) is 5.75 Å². The highest BCUT2D eigenvalue weighted by Crippen LogP contribution is 2.35. The number of methoxy groups -OCH3 is 1. The highest BCUT2D eigenvalue weighted by Gasteiger charge is 2.34. The van der Waals surface area contributed by atoms with Crippen LogP contribution in [0.25, 0.3) is 11.1 Å². The van der Waals surface area contributed by atoms with Crippen LogP contribution in [0.15, 0.2) is 42.5 Å². The first kappa shape index (κ1) is 32.1. The van der Waals surface area contributed by atoms with Crippen molar-refractivity contribution in [3.8, 4) is 16.9 Å². The number of cyclic esters (lactones) is 1. The van der Waals surface area contributed by atoms with E-state index in [-0.39, 0.29) is 30.2 Å². The van der Waals surface area contributed by atoms with E-state index >= 15 is 0 Å². The summed E-state index contributed by atoms with van der Waals surface area (Å²) in [6.45, 7) is 12.4. The van der Waals surface area contributed by atoms with Gasteiger partial charge in [-0.1, -0.05) is 12.1 Å². The van der Waals surface area contributed by atoms with Crippen LogP contribution in [0.4, 0.5) is 15.3 Å². The fourth-order valence-electron chi connectivity index (χ4n) is 5.51. The molecule has 2 saturated heterocycles. The molecule has 3 amide bonds. The summed E-state index contributed by atoms with van der Waals surface area (Å²) in [6, 6.07) is 12.9. The van der Waals surface area contributed by atoms with Gasteiger partial charge in [-0.3, -0.25) is 9.69 Å². The van der Waals surface area contributed by atoms with E-state index in [0.29, 0.717) is 57.2 Å². The van der Waals surface area contributed by atoms with Crippen molar-refractivity contribution in [2.75, 3.05) is 51.5 Å². The third-order valence-corrected chi connectivity index (χ3v) is 7.44. The first-order chi connectivity index (χ1) is 20.5. The van der Waals surface area contributed by atoms with Gasteiger partial charge in [-0.25, -0.2) is 9.59 Å². The summed E-state index contributed by atoms with van der Waals surface area (Å²) in [4.78, 5) is 44.3. The van der Waals surface area contributed by atoms with Gasteiger partial charge in [0.2, 0.25) is 0 Å². The third kappa shape index (κ3) is 8.19. The predicted molar refractivity (Wildman–Crippen MR) is 165 cm³/mol. The standard InChI is InChI=1S/C33H45N3O7/c1-23(2)36(27-12-8-15-34(22-27)31(38)43-33(3,4)5)30(37)25-13-14-28(29(21-25)41-18-9-17-40-6)24-10-7-11-26(20-24)35-16-19-42-32(35)39/h7,10-11,13-14,20-21,23,27H,8-9,12,15-19,22H2,1-6H3/t27-/m1/s1. The van der Waals surface area contributed by atoms with E-state index in [9.17, 15) is 14.4 Å². The van der Waals surface area contributed by atoms with Crippen molar-refractivity contribution >= 4 is 23.8 Å². The molecule has 1 atom stereocenters. The second kappa shape index (κ2) is 14.1. The minimum Gasteiger partial charge on any atom is -0.493 e. The van der Waals surface area contributed by atoms with Crippen LogP contribution in [0.1, 0.15) is 64.2 Å². The average Bonchev–Trinajstić information content (AvgIpc) is 3.40. The summed E-state index contributed by atoms with van der Waals surface area (Å²) in [5.74, 6) is 0.457. The predicted octanol–water partition coefficient (Wildman–Crippen LogP) is 5.98. The van der Waals surface area contributed by atoms with Gasteiger partial charge in [0.15, 0.2) is 0 Å². The minimum absolute atomic E-state index is 0.0845. The Morgan fingerprint density at radius 1 is 1.09 bits per heavy atom. The van der Waals surface area contributed by atoms with Crippen molar-refractivity contribution in [3.05, 3.63) is 48.0 Å². The second-order valence-electron chi connectivity index (χ2n) is 12.3. The van der Waals surface area contributed by atoms with Gasteiger partial charge in [0.25, 0.3) is 5.91 Å². The van der Waals surface area contributed by atoms with Crippen molar-refractivity contribution in [2.45, 2.75) is 71.6 Å². The summed E-state index contributed by atoms with van der Waals surface area (Å²) >= 11 is 0. The fourth-order valence-corrected chi connectivity index (χ4v) is 5.51. The molecule has 0 saturated carbocycles. The van der Waals surface area contributed by atoms with Gasteiger partial charge in [0, 0.05) is 56.1 Å². The zero-order valence-electron chi connectivity index (χ0n) is 26.3. The Hall–Kier alpha value is -3.79. The molecular formula is C33H45N3O7. The quantitative estimate of drug-likeness (QED) is 0.312. The Morgan fingerprint density at radius 3 is 2.56 bits per heavy atom. The number of nitrogens with zero attached hydrogens (tertiary/aromatic N) is 3. The number of hydrogen-bond acceptors (Lipinski definition) is 7. The molecule has 4 rings (SSSR count). The summed E-state index contributed by atoms with van der Waals surface area (Å²) in [7, 11) is 1.65. The van der Waals surface area contributed by atoms with Gasteiger partial charge < -0.3 is 28.7 Å². The highest BCUT2D eigenvalue weighted by molar-refractivity contribution is 5.96. The van der Waals surface area contributed by atoms with Gasteiger partial charge in [-0.05, 0) is 83.4 Å². The molecule has 0 radical (unpaired) electrons. The van der Waals surface area contributed by atoms with Gasteiger partial charge in [0.1, 0.15) is 18.0 Å². The number of ether oxygens (including phenoxy) is 4. The number of rotatable bonds is 10. The van der Waals surface area contributed by atoms with Crippen molar-refractivity contribution in [1.29, 1.82) is 0 Å². The molecule has 0 unspecified atom stereocenters. The van der Waals surface area contributed by atoms with Gasteiger partial charge in [-0.2, -0.15) is 0 Å². The van der Waals surface area contributed by atoms with E-state index in [2.05, 4.69) is 0 Å². The molecule has 2 fully saturated rings. The smallest absolute Gasteiger partial charge is 0.414 e. The molecule has 0 bridgehead atoms. The first-order valence-corrected chi connectivity index (χ1v) is 15.1. The van der Waals surface area contributed by atoms with Crippen molar-refractivity contribution in [2.24, 2.45) is 0 Å². The number of carbonyl (C=O) groups is 3. The van der Waals surface area contributed by atoms with Crippen LogP contribution in [0.3, 0.4) is 0 Å². The number of amides is 3. The molecule has 10 heteroatoms. The molecular weight excluding hydrogens is 550 g/mol. The molecule has 0 aromatic heterocycles. The molecule has 10 nitrogen and oxygen atoms in total. The molecule has 2 heterocycles. The van der Waals surface area contributed by atoms with E-state index < -0.39 is 5.60 Å². The Bertz CT molecular complexity index is 1290. The topological polar surface area (TPSA) is 97.8 Å². The SMILES string of the molecule is COCCCOc1cc(C(=O)N(C(C)C)[C@@H]2CCCN(C(=O)OC(C)(C)C)C2)ccc1-c1cccc(N2CCOC2=O)c1. The van der Waals surface area contributed by atoms with E-state index in [4.69, 9.17) is 18.9 Å². The lowest BCUT2D eigenvalue weighted by Gasteiger charge is -2.41. The number of hydrogen-bond donors (Lipinski definition) is 0. The van der Waals surface area contributed by atoms with Crippen molar-refractivity contribution in [3.63, 3.8) is 0 Å². The lowest BCUT2D eigenvalue weighted by atomic mass is 9.99. The van der Waals surface area contributed by atoms with E-state index in [1.165, 1.54) is 0 Å². The second-order valence-corrected chi connectivity index (χ2v) is 12.3. The van der Waals surface area contributed by atoms with Crippen molar-refractivity contribution < 1.29 is 33.3 Å².